The molecular weight excluding hydrogens is 506 g/mol. The summed E-state index contributed by atoms with van der Waals surface area (Å²) in [5, 5.41) is 4.42. The first-order valence-corrected chi connectivity index (χ1v) is 13.1. The molecular formula is C31H33N5O4. The number of aromatic nitrogens is 4. The topological polar surface area (TPSA) is 106 Å². The molecule has 2 heterocycles. The molecule has 0 saturated carbocycles. The smallest absolute Gasteiger partial charge is 0.196 e. The molecule has 0 unspecified atom stereocenters. The maximum absolute atomic E-state index is 6.60. The van der Waals surface area contributed by atoms with Crippen LogP contribution in [0.1, 0.15) is 28.5 Å². The fraction of sp³-hybridized carbons (Fsp3) is 0.258. The molecule has 0 radical (unpaired) electrons. The third kappa shape index (κ3) is 6.88. The molecule has 0 aliphatic rings. The standard InChI is InChI=1S/C31H33N5O4/c1-37-27(21-38-18-23-11-5-2-6-12-23)29(40-20-25-15-9-4-10-16-25)28(39-19-24-13-7-3-8-14-24)26-17-33-31-30(32)34-22-35-36(26)31/h2-17,22,27-29H,18-21H2,1H3,(H2,32,34,35)/t27-,28+,29-/m1/s1. The van der Waals surface area contributed by atoms with Gasteiger partial charge in [0.25, 0.3) is 0 Å². The van der Waals surface area contributed by atoms with Crippen LogP contribution in [0.15, 0.2) is 104 Å². The van der Waals surface area contributed by atoms with E-state index in [1.807, 2.05) is 91.0 Å². The van der Waals surface area contributed by atoms with Crippen molar-refractivity contribution in [3.8, 4) is 0 Å². The van der Waals surface area contributed by atoms with Crippen molar-refractivity contribution in [3.63, 3.8) is 0 Å². The van der Waals surface area contributed by atoms with Crippen LogP contribution in [0.5, 0.6) is 0 Å². The summed E-state index contributed by atoms with van der Waals surface area (Å²) in [6, 6.07) is 30.0. The van der Waals surface area contributed by atoms with Crippen molar-refractivity contribution in [2.24, 2.45) is 0 Å². The lowest BCUT2D eigenvalue weighted by molar-refractivity contribution is -0.160. The number of anilines is 1. The van der Waals surface area contributed by atoms with Gasteiger partial charge in [-0.05, 0) is 16.7 Å². The molecule has 5 aromatic rings. The first-order valence-electron chi connectivity index (χ1n) is 13.1. The van der Waals surface area contributed by atoms with Gasteiger partial charge in [0.2, 0.25) is 0 Å². The zero-order chi connectivity index (χ0) is 27.6. The summed E-state index contributed by atoms with van der Waals surface area (Å²) < 4.78 is 26.9. The number of benzene rings is 3. The Kier molecular flexibility index (Phi) is 9.44. The average Bonchev–Trinajstić information content (AvgIpc) is 3.44. The second kappa shape index (κ2) is 13.8. The summed E-state index contributed by atoms with van der Waals surface area (Å²) in [6.07, 6.45) is 1.42. The number of ether oxygens (including phenoxy) is 4. The molecule has 3 atom stereocenters. The van der Waals surface area contributed by atoms with E-state index in [-0.39, 0.29) is 12.4 Å². The Labute approximate surface area is 233 Å². The van der Waals surface area contributed by atoms with Crippen molar-refractivity contribution in [2.75, 3.05) is 19.5 Å². The van der Waals surface area contributed by atoms with Crippen LogP contribution in [0.4, 0.5) is 5.82 Å². The molecule has 9 nitrogen and oxygen atoms in total. The van der Waals surface area contributed by atoms with Gasteiger partial charge in [-0.1, -0.05) is 91.0 Å². The predicted molar refractivity (Wildman–Crippen MR) is 151 cm³/mol. The van der Waals surface area contributed by atoms with E-state index in [4.69, 9.17) is 24.7 Å². The Hall–Kier alpha value is -4.15. The number of methoxy groups -OCH3 is 1. The summed E-state index contributed by atoms with van der Waals surface area (Å²) in [5.41, 5.74) is 10.3. The number of nitrogen functional groups attached to an aromatic ring is 1. The van der Waals surface area contributed by atoms with E-state index in [0.29, 0.717) is 31.2 Å². The number of imidazole rings is 1. The number of hydrogen-bond acceptors (Lipinski definition) is 8. The van der Waals surface area contributed by atoms with Crippen molar-refractivity contribution in [1.82, 2.24) is 19.6 Å². The van der Waals surface area contributed by atoms with Crippen LogP contribution < -0.4 is 5.73 Å². The van der Waals surface area contributed by atoms with Gasteiger partial charge in [-0.3, -0.25) is 0 Å². The minimum atomic E-state index is -0.626. The van der Waals surface area contributed by atoms with Crippen molar-refractivity contribution in [1.29, 1.82) is 0 Å². The summed E-state index contributed by atoms with van der Waals surface area (Å²) in [6.45, 7) is 1.42. The van der Waals surface area contributed by atoms with Crippen LogP contribution >= 0.6 is 0 Å². The third-order valence-electron chi connectivity index (χ3n) is 6.57. The molecule has 0 aliphatic carbocycles. The van der Waals surface area contributed by atoms with E-state index in [9.17, 15) is 0 Å². The van der Waals surface area contributed by atoms with Gasteiger partial charge in [0.15, 0.2) is 11.5 Å². The lowest BCUT2D eigenvalue weighted by Crippen LogP contribution is -2.41. The fourth-order valence-electron chi connectivity index (χ4n) is 4.48. The van der Waals surface area contributed by atoms with Gasteiger partial charge in [0.05, 0.1) is 38.3 Å². The Morgan fingerprint density at radius 1 is 0.750 bits per heavy atom. The molecule has 5 rings (SSSR count). The van der Waals surface area contributed by atoms with Crippen molar-refractivity contribution < 1.29 is 18.9 Å². The fourth-order valence-corrected chi connectivity index (χ4v) is 4.48. The first-order chi connectivity index (χ1) is 19.7. The highest BCUT2D eigenvalue weighted by Gasteiger charge is 2.36. The summed E-state index contributed by atoms with van der Waals surface area (Å²) in [7, 11) is 1.65. The van der Waals surface area contributed by atoms with Gasteiger partial charge in [-0.15, -0.1) is 0 Å². The van der Waals surface area contributed by atoms with Crippen molar-refractivity contribution >= 4 is 11.5 Å². The summed E-state index contributed by atoms with van der Waals surface area (Å²) in [4.78, 5) is 8.57. The normalized spacial score (nSPS) is 13.7. The van der Waals surface area contributed by atoms with Crippen LogP contribution in [0, 0.1) is 0 Å². The molecule has 2 aromatic heterocycles. The quantitative estimate of drug-likeness (QED) is 0.215. The van der Waals surface area contributed by atoms with Crippen LogP contribution in [0.2, 0.25) is 0 Å². The minimum absolute atomic E-state index is 0.277. The largest absolute Gasteiger partial charge is 0.381 e. The number of fused-ring (bicyclic) bond motifs is 1. The lowest BCUT2D eigenvalue weighted by Gasteiger charge is -2.32. The molecule has 0 spiro atoms. The molecule has 0 fully saturated rings. The van der Waals surface area contributed by atoms with Gasteiger partial charge in [-0.2, -0.15) is 5.10 Å². The zero-order valence-electron chi connectivity index (χ0n) is 22.4. The second-order valence-electron chi connectivity index (χ2n) is 9.32. The molecule has 0 aliphatic heterocycles. The highest BCUT2D eigenvalue weighted by Crippen LogP contribution is 2.30. The minimum Gasteiger partial charge on any atom is -0.381 e. The van der Waals surface area contributed by atoms with E-state index in [1.54, 1.807) is 17.8 Å². The molecule has 0 saturated heterocycles. The molecule has 0 bridgehead atoms. The second-order valence-corrected chi connectivity index (χ2v) is 9.32. The maximum Gasteiger partial charge on any atom is 0.196 e. The van der Waals surface area contributed by atoms with Gasteiger partial charge < -0.3 is 24.7 Å². The number of hydrogen-bond donors (Lipinski definition) is 1. The maximum atomic E-state index is 6.60. The first kappa shape index (κ1) is 27.4. The van der Waals surface area contributed by atoms with Crippen LogP contribution in [-0.4, -0.2) is 45.5 Å². The van der Waals surface area contributed by atoms with Gasteiger partial charge in [-0.25, -0.2) is 14.5 Å². The average molecular weight is 540 g/mol. The van der Waals surface area contributed by atoms with Crippen LogP contribution in [0.3, 0.4) is 0 Å². The predicted octanol–water partition coefficient (Wildman–Crippen LogP) is 4.78. The van der Waals surface area contributed by atoms with Crippen molar-refractivity contribution in [2.45, 2.75) is 38.1 Å². The molecule has 2 N–H and O–H groups in total. The van der Waals surface area contributed by atoms with E-state index >= 15 is 0 Å². The molecule has 9 heteroatoms. The monoisotopic (exact) mass is 539 g/mol. The molecule has 206 valence electrons. The van der Waals surface area contributed by atoms with Crippen LogP contribution in [0.25, 0.3) is 5.65 Å². The highest BCUT2D eigenvalue weighted by molar-refractivity contribution is 5.58. The zero-order valence-corrected chi connectivity index (χ0v) is 22.4. The van der Waals surface area contributed by atoms with Gasteiger partial charge >= 0.3 is 0 Å². The van der Waals surface area contributed by atoms with Crippen LogP contribution in [-0.2, 0) is 38.8 Å². The number of rotatable bonds is 14. The SMILES string of the molecule is CO[C@H](COCc1ccccc1)[C@@H](OCc1ccccc1)[C@@H](OCc1ccccc1)c1cnc2c(N)ncnn12. The van der Waals surface area contributed by atoms with E-state index in [1.165, 1.54) is 6.33 Å². The Balaban J connectivity index is 1.46. The Morgan fingerprint density at radius 3 is 1.93 bits per heavy atom. The molecule has 3 aromatic carbocycles. The Bertz CT molecular complexity index is 1450. The highest BCUT2D eigenvalue weighted by atomic mass is 16.6. The number of nitrogens with zero attached hydrogens (tertiary/aromatic N) is 4. The summed E-state index contributed by atoms with van der Waals surface area (Å²) >= 11 is 0. The number of nitrogens with two attached hydrogens (primary N) is 1. The molecule has 40 heavy (non-hydrogen) atoms. The Morgan fingerprint density at radius 2 is 1.32 bits per heavy atom. The van der Waals surface area contributed by atoms with Gasteiger partial charge in [0.1, 0.15) is 24.6 Å². The third-order valence-corrected chi connectivity index (χ3v) is 6.57. The van der Waals surface area contributed by atoms with E-state index in [0.717, 1.165) is 16.7 Å². The van der Waals surface area contributed by atoms with Crippen molar-refractivity contribution in [3.05, 3.63) is 126 Å². The lowest BCUT2D eigenvalue weighted by atomic mass is 10.0. The van der Waals surface area contributed by atoms with Gasteiger partial charge in [0, 0.05) is 7.11 Å². The summed E-state index contributed by atoms with van der Waals surface area (Å²) in [5.74, 6) is 0.277. The molecule has 0 amide bonds. The van der Waals surface area contributed by atoms with E-state index in [2.05, 4.69) is 15.1 Å². The van der Waals surface area contributed by atoms with E-state index < -0.39 is 18.3 Å².